The smallest absolute Gasteiger partial charge is 0.230 e. The molecule has 0 aliphatic rings. The molecule has 7 nitrogen and oxygen atoms in total. The number of benzene rings is 2. The van der Waals surface area contributed by atoms with Crippen LogP contribution in [0.4, 0.5) is 0 Å². The van der Waals surface area contributed by atoms with Gasteiger partial charge < -0.3 is 19.4 Å². The zero-order chi connectivity index (χ0) is 20.6. The molecule has 0 spiro atoms. The first-order valence-electron chi connectivity index (χ1n) is 9.25. The minimum Gasteiger partial charge on any atom is -0.497 e. The largest absolute Gasteiger partial charge is 0.497 e. The normalized spacial score (nSPS) is 10.6. The number of rotatable bonds is 9. The van der Waals surface area contributed by atoms with Gasteiger partial charge in [-0.3, -0.25) is 4.79 Å². The lowest BCUT2D eigenvalue weighted by atomic mass is 10.2. The summed E-state index contributed by atoms with van der Waals surface area (Å²) in [5.74, 6) is 2.51. The molecule has 8 heteroatoms. The second-order valence-electron chi connectivity index (χ2n) is 6.16. The van der Waals surface area contributed by atoms with Gasteiger partial charge in [-0.15, -0.1) is 10.2 Å². The topological polar surface area (TPSA) is 78.3 Å². The van der Waals surface area contributed by atoms with Crippen LogP contribution in [0.15, 0.2) is 53.7 Å². The van der Waals surface area contributed by atoms with E-state index in [1.165, 1.54) is 11.8 Å². The Morgan fingerprint density at radius 2 is 1.83 bits per heavy atom. The zero-order valence-corrected chi connectivity index (χ0v) is 17.5. The van der Waals surface area contributed by atoms with E-state index in [9.17, 15) is 4.79 Å². The average Bonchev–Trinajstić information content (AvgIpc) is 3.19. The second kappa shape index (κ2) is 9.97. The Kier molecular flexibility index (Phi) is 7.13. The van der Waals surface area contributed by atoms with E-state index in [1.54, 1.807) is 14.2 Å². The van der Waals surface area contributed by atoms with Crippen molar-refractivity contribution in [2.24, 2.45) is 0 Å². The van der Waals surface area contributed by atoms with Crippen LogP contribution in [0.1, 0.15) is 12.5 Å². The maximum atomic E-state index is 12.3. The zero-order valence-electron chi connectivity index (χ0n) is 16.7. The molecule has 1 heterocycles. The van der Waals surface area contributed by atoms with Crippen LogP contribution in [0.5, 0.6) is 11.5 Å². The Morgan fingerprint density at radius 1 is 1.07 bits per heavy atom. The van der Waals surface area contributed by atoms with Gasteiger partial charge in [0.05, 0.1) is 20.0 Å². The van der Waals surface area contributed by atoms with E-state index in [-0.39, 0.29) is 11.7 Å². The fraction of sp³-hybridized carbons (Fsp3) is 0.286. The number of methoxy groups -OCH3 is 2. The molecule has 0 fully saturated rings. The fourth-order valence-electron chi connectivity index (χ4n) is 2.86. The molecular formula is C21H24N4O3S. The lowest BCUT2D eigenvalue weighted by Crippen LogP contribution is -2.25. The Labute approximate surface area is 174 Å². The lowest BCUT2D eigenvalue weighted by molar-refractivity contribution is -0.118. The van der Waals surface area contributed by atoms with Gasteiger partial charge in [-0.05, 0) is 37.3 Å². The van der Waals surface area contributed by atoms with Crippen LogP contribution in [0.2, 0.25) is 0 Å². The molecular weight excluding hydrogens is 388 g/mol. The summed E-state index contributed by atoms with van der Waals surface area (Å²) in [5, 5.41) is 12.2. The molecule has 3 rings (SSSR count). The van der Waals surface area contributed by atoms with E-state index in [1.807, 2.05) is 60.0 Å². The summed E-state index contributed by atoms with van der Waals surface area (Å²) in [6, 6.07) is 15.3. The van der Waals surface area contributed by atoms with Crippen LogP contribution in [0.3, 0.4) is 0 Å². The molecule has 1 aromatic heterocycles. The van der Waals surface area contributed by atoms with Crippen LogP contribution < -0.4 is 14.8 Å². The number of hydrogen-bond acceptors (Lipinski definition) is 6. The number of nitrogens with zero attached hydrogens (tertiary/aromatic N) is 3. The number of aromatic nitrogens is 3. The van der Waals surface area contributed by atoms with Crippen molar-refractivity contribution in [2.75, 3.05) is 20.0 Å². The SMILES string of the molecule is CCn1c(SCC(=O)NCc2ccccc2OC)nnc1-c1ccc(OC)cc1. The predicted molar refractivity (Wildman–Crippen MR) is 113 cm³/mol. The highest BCUT2D eigenvalue weighted by Crippen LogP contribution is 2.25. The van der Waals surface area contributed by atoms with Crippen LogP contribution in [-0.4, -0.2) is 40.6 Å². The Bertz CT molecular complexity index is 957. The molecule has 2 aromatic carbocycles. The molecule has 0 aliphatic heterocycles. The highest BCUT2D eigenvalue weighted by Gasteiger charge is 2.15. The number of para-hydroxylation sites is 1. The van der Waals surface area contributed by atoms with Crippen molar-refractivity contribution in [1.29, 1.82) is 0 Å². The van der Waals surface area contributed by atoms with Gasteiger partial charge >= 0.3 is 0 Å². The first-order chi connectivity index (χ1) is 14.2. The van der Waals surface area contributed by atoms with Crippen molar-refractivity contribution in [3.63, 3.8) is 0 Å². The predicted octanol–water partition coefficient (Wildman–Crippen LogP) is 3.39. The van der Waals surface area contributed by atoms with E-state index in [0.717, 1.165) is 28.5 Å². The monoisotopic (exact) mass is 412 g/mol. The van der Waals surface area contributed by atoms with Crippen molar-refractivity contribution >= 4 is 17.7 Å². The number of ether oxygens (including phenoxy) is 2. The molecule has 0 aliphatic carbocycles. The van der Waals surface area contributed by atoms with Crippen molar-refractivity contribution in [1.82, 2.24) is 20.1 Å². The Balaban J connectivity index is 1.61. The summed E-state index contributed by atoms with van der Waals surface area (Å²) in [6.07, 6.45) is 0. The molecule has 0 radical (unpaired) electrons. The summed E-state index contributed by atoms with van der Waals surface area (Å²) >= 11 is 1.37. The third-order valence-electron chi connectivity index (χ3n) is 4.38. The Hall–Kier alpha value is -3.00. The molecule has 0 atom stereocenters. The second-order valence-corrected chi connectivity index (χ2v) is 7.10. The highest BCUT2D eigenvalue weighted by molar-refractivity contribution is 7.99. The van der Waals surface area contributed by atoms with Gasteiger partial charge in [0.25, 0.3) is 0 Å². The van der Waals surface area contributed by atoms with E-state index in [4.69, 9.17) is 9.47 Å². The molecule has 152 valence electrons. The van der Waals surface area contributed by atoms with Crippen LogP contribution in [0, 0.1) is 0 Å². The van der Waals surface area contributed by atoms with E-state index in [2.05, 4.69) is 15.5 Å². The molecule has 0 saturated carbocycles. The van der Waals surface area contributed by atoms with Gasteiger partial charge in [-0.25, -0.2) is 0 Å². The number of thioether (sulfide) groups is 1. The summed E-state index contributed by atoms with van der Waals surface area (Å²) in [7, 11) is 3.26. The maximum Gasteiger partial charge on any atom is 0.230 e. The molecule has 29 heavy (non-hydrogen) atoms. The van der Waals surface area contributed by atoms with E-state index in [0.29, 0.717) is 18.2 Å². The number of hydrogen-bond donors (Lipinski definition) is 1. The molecule has 0 unspecified atom stereocenters. The van der Waals surface area contributed by atoms with Crippen molar-refractivity contribution < 1.29 is 14.3 Å². The van der Waals surface area contributed by atoms with Gasteiger partial charge in [0.1, 0.15) is 11.5 Å². The molecule has 3 aromatic rings. The summed E-state index contributed by atoms with van der Waals surface area (Å²) in [4.78, 5) is 12.3. The standard InChI is InChI=1S/C21H24N4O3S/c1-4-25-20(15-9-11-17(27-2)12-10-15)23-24-21(25)29-14-19(26)22-13-16-7-5-6-8-18(16)28-3/h5-12H,4,13-14H2,1-3H3,(H,22,26). The summed E-state index contributed by atoms with van der Waals surface area (Å²) in [5.41, 5.74) is 1.89. The lowest BCUT2D eigenvalue weighted by Gasteiger charge is -2.10. The van der Waals surface area contributed by atoms with E-state index >= 15 is 0 Å². The number of amides is 1. The Morgan fingerprint density at radius 3 is 2.52 bits per heavy atom. The van der Waals surface area contributed by atoms with Crippen LogP contribution in [0.25, 0.3) is 11.4 Å². The van der Waals surface area contributed by atoms with Crippen molar-refractivity contribution in [3.05, 3.63) is 54.1 Å². The fourth-order valence-corrected chi connectivity index (χ4v) is 3.69. The quantitative estimate of drug-likeness (QED) is 0.543. The summed E-state index contributed by atoms with van der Waals surface area (Å²) < 4.78 is 12.5. The minimum absolute atomic E-state index is 0.0717. The van der Waals surface area contributed by atoms with Gasteiger partial charge in [-0.1, -0.05) is 30.0 Å². The van der Waals surface area contributed by atoms with Crippen LogP contribution in [-0.2, 0) is 17.9 Å². The van der Waals surface area contributed by atoms with Gasteiger partial charge in [0.15, 0.2) is 11.0 Å². The minimum atomic E-state index is -0.0717. The average molecular weight is 413 g/mol. The van der Waals surface area contributed by atoms with Crippen molar-refractivity contribution in [3.8, 4) is 22.9 Å². The number of nitrogens with one attached hydrogen (secondary N) is 1. The van der Waals surface area contributed by atoms with Crippen LogP contribution >= 0.6 is 11.8 Å². The van der Waals surface area contributed by atoms with Gasteiger partial charge in [-0.2, -0.15) is 0 Å². The van der Waals surface area contributed by atoms with Gasteiger partial charge in [0, 0.05) is 24.2 Å². The molecule has 0 bridgehead atoms. The molecule has 1 N–H and O–H groups in total. The molecule has 1 amide bonds. The van der Waals surface area contributed by atoms with Crippen molar-refractivity contribution in [2.45, 2.75) is 25.2 Å². The maximum absolute atomic E-state index is 12.3. The first-order valence-corrected chi connectivity index (χ1v) is 10.2. The highest BCUT2D eigenvalue weighted by atomic mass is 32.2. The summed E-state index contributed by atoms with van der Waals surface area (Å²) in [6.45, 7) is 3.16. The first kappa shape index (κ1) is 20.7. The third-order valence-corrected chi connectivity index (χ3v) is 5.35. The molecule has 0 saturated heterocycles. The van der Waals surface area contributed by atoms with E-state index < -0.39 is 0 Å². The number of carbonyl (C=O) groups excluding carboxylic acids is 1. The third kappa shape index (κ3) is 5.08. The number of carbonyl (C=O) groups is 1. The van der Waals surface area contributed by atoms with Gasteiger partial charge in [0.2, 0.25) is 5.91 Å².